The first-order valence-electron chi connectivity index (χ1n) is 7.04. The summed E-state index contributed by atoms with van der Waals surface area (Å²) < 4.78 is 16.9. The molecule has 0 saturated carbocycles. The highest BCUT2D eigenvalue weighted by atomic mass is 31.2. The Kier molecular flexibility index (Phi) is 5.76. The van der Waals surface area contributed by atoms with E-state index in [0.29, 0.717) is 16.9 Å². The van der Waals surface area contributed by atoms with Gasteiger partial charge in [0.2, 0.25) is 0 Å². The van der Waals surface area contributed by atoms with Crippen LogP contribution in [0.2, 0.25) is 0 Å². The van der Waals surface area contributed by atoms with Crippen molar-refractivity contribution in [1.29, 1.82) is 0 Å². The molecule has 6 heteroatoms. The number of aryl methyl sites for hydroxylation is 1. The SMILES string of the molecule is Cc1ccc(C(C)C)cc1C(C[N+](C)(C)C)OP(=O)(O)O. The van der Waals surface area contributed by atoms with Crippen molar-refractivity contribution in [3.63, 3.8) is 0 Å². The molecule has 1 aromatic rings. The minimum atomic E-state index is -4.54. The van der Waals surface area contributed by atoms with Gasteiger partial charge >= 0.3 is 7.82 Å². The molecule has 0 aromatic heterocycles. The average molecular weight is 316 g/mol. The van der Waals surface area contributed by atoms with Crippen LogP contribution in [0, 0.1) is 6.92 Å². The first-order valence-corrected chi connectivity index (χ1v) is 8.57. The van der Waals surface area contributed by atoms with E-state index in [1.807, 2.05) is 46.3 Å². The molecule has 5 nitrogen and oxygen atoms in total. The smallest absolute Gasteiger partial charge is 0.328 e. The summed E-state index contributed by atoms with van der Waals surface area (Å²) in [6.45, 7) is 6.60. The van der Waals surface area contributed by atoms with E-state index in [-0.39, 0.29) is 0 Å². The number of benzene rings is 1. The van der Waals surface area contributed by atoms with Crippen molar-refractivity contribution in [2.75, 3.05) is 27.7 Å². The maximum absolute atomic E-state index is 11.3. The number of likely N-dealkylation sites (N-methyl/N-ethyl adjacent to an activating group) is 1. The molecule has 0 saturated heterocycles. The molecule has 0 spiro atoms. The summed E-state index contributed by atoms with van der Waals surface area (Å²) >= 11 is 0. The van der Waals surface area contributed by atoms with Gasteiger partial charge in [0.1, 0.15) is 12.6 Å². The average Bonchev–Trinajstić information content (AvgIpc) is 2.24. The summed E-state index contributed by atoms with van der Waals surface area (Å²) in [6.07, 6.45) is -0.635. The highest BCUT2D eigenvalue weighted by Crippen LogP contribution is 2.43. The van der Waals surface area contributed by atoms with Gasteiger partial charge in [-0.25, -0.2) is 4.57 Å². The predicted octanol–water partition coefficient (Wildman–Crippen LogP) is 2.98. The molecule has 0 amide bonds. The Morgan fingerprint density at radius 2 is 1.81 bits per heavy atom. The second kappa shape index (κ2) is 6.59. The van der Waals surface area contributed by atoms with Gasteiger partial charge < -0.3 is 14.3 Å². The molecule has 0 bridgehead atoms. The largest absolute Gasteiger partial charge is 0.470 e. The summed E-state index contributed by atoms with van der Waals surface area (Å²) in [5, 5.41) is 0. The number of phosphoric ester groups is 1. The molecule has 0 aliphatic rings. The van der Waals surface area contributed by atoms with Crippen LogP contribution >= 0.6 is 7.82 Å². The molecule has 2 N–H and O–H groups in total. The molecular formula is C15H27NO4P+. The minimum absolute atomic E-state index is 0.351. The zero-order valence-electron chi connectivity index (χ0n) is 13.7. The number of quaternary nitrogens is 1. The van der Waals surface area contributed by atoms with E-state index < -0.39 is 13.9 Å². The molecule has 21 heavy (non-hydrogen) atoms. The van der Waals surface area contributed by atoms with Gasteiger partial charge in [0.15, 0.2) is 0 Å². The maximum atomic E-state index is 11.3. The van der Waals surface area contributed by atoms with Gasteiger partial charge in [-0.3, -0.25) is 4.52 Å². The molecule has 120 valence electrons. The van der Waals surface area contributed by atoms with Crippen molar-refractivity contribution >= 4 is 7.82 Å². The Morgan fingerprint density at radius 3 is 2.24 bits per heavy atom. The van der Waals surface area contributed by atoms with Crippen molar-refractivity contribution in [1.82, 2.24) is 0 Å². The van der Waals surface area contributed by atoms with E-state index in [1.54, 1.807) is 0 Å². The molecule has 1 atom stereocenters. The van der Waals surface area contributed by atoms with Gasteiger partial charge in [-0.05, 0) is 29.5 Å². The van der Waals surface area contributed by atoms with Crippen LogP contribution in [0.15, 0.2) is 18.2 Å². The van der Waals surface area contributed by atoms with Crippen LogP contribution in [-0.2, 0) is 9.09 Å². The quantitative estimate of drug-likeness (QED) is 0.625. The first-order chi connectivity index (χ1) is 9.39. The fraction of sp³-hybridized carbons (Fsp3) is 0.600. The molecule has 0 aliphatic carbocycles. The Bertz CT molecular complexity index is 531. The fourth-order valence-electron chi connectivity index (χ4n) is 2.22. The Labute approximate surface area is 127 Å². The normalized spacial score (nSPS) is 14.5. The van der Waals surface area contributed by atoms with Gasteiger partial charge in [-0.15, -0.1) is 0 Å². The molecule has 1 unspecified atom stereocenters. The van der Waals surface area contributed by atoms with Crippen molar-refractivity contribution < 1.29 is 23.4 Å². The molecule has 1 aromatic carbocycles. The number of hydrogen-bond acceptors (Lipinski definition) is 2. The molecule has 0 fully saturated rings. The lowest BCUT2D eigenvalue weighted by atomic mass is 9.95. The summed E-state index contributed by atoms with van der Waals surface area (Å²) in [4.78, 5) is 18.4. The van der Waals surface area contributed by atoms with Crippen LogP contribution in [0.5, 0.6) is 0 Å². The van der Waals surface area contributed by atoms with E-state index in [4.69, 9.17) is 4.52 Å². The predicted molar refractivity (Wildman–Crippen MR) is 84.0 cm³/mol. The first kappa shape index (κ1) is 18.3. The third-order valence-electron chi connectivity index (χ3n) is 3.29. The van der Waals surface area contributed by atoms with Crippen LogP contribution in [0.1, 0.15) is 42.6 Å². The van der Waals surface area contributed by atoms with Gasteiger partial charge in [0, 0.05) is 0 Å². The van der Waals surface area contributed by atoms with Crippen LogP contribution < -0.4 is 0 Å². The van der Waals surface area contributed by atoms with Gasteiger partial charge in [-0.1, -0.05) is 32.0 Å². The second-order valence-electron chi connectivity index (χ2n) is 6.83. The van der Waals surface area contributed by atoms with Gasteiger partial charge in [0.05, 0.1) is 21.1 Å². The number of rotatable bonds is 6. The number of phosphoric acid groups is 1. The number of hydrogen-bond donors (Lipinski definition) is 2. The number of nitrogens with zero attached hydrogens (tertiary/aromatic N) is 1. The fourth-order valence-corrected chi connectivity index (χ4v) is 2.73. The molecule has 0 radical (unpaired) electrons. The van der Waals surface area contributed by atoms with Crippen LogP contribution in [0.4, 0.5) is 0 Å². The Morgan fingerprint density at radius 1 is 1.24 bits per heavy atom. The second-order valence-corrected chi connectivity index (χ2v) is 8.02. The lowest BCUT2D eigenvalue weighted by Crippen LogP contribution is -2.39. The molecule has 1 rings (SSSR count). The highest BCUT2D eigenvalue weighted by molar-refractivity contribution is 7.46. The maximum Gasteiger partial charge on any atom is 0.470 e. The Balaban J connectivity index is 3.24. The summed E-state index contributed by atoms with van der Waals surface area (Å²) in [5.74, 6) is 0.351. The summed E-state index contributed by atoms with van der Waals surface area (Å²) in [7, 11) is 1.37. The third kappa shape index (κ3) is 6.29. The standard InChI is InChI=1S/C15H26NO4P/c1-11(2)13-8-7-12(3)14(9-13)15(10-16(4,5)6)20-21(17,18)19/h7-9,11,15H,10H2,1-6H3,(H-,17,18,19)/p+1. The third-order valence-corrected chi connectivity index (χ3v) is 3.82. The summed E-state index contributed by atoms with van der Waals surface area (Å²) in [5.41, 5.74) is 2.96. The monoisotopic (exact) mass is 316 g/mol. The molecule has 0 heterocycles. The van der Waals surface area contributed by atoms with Crippen molar-refractivity contribution in [2.24, 2.45) is 0 Å². The molecule has 0 aliphatic heterocycles. The van der Waals surface area contributed by atoms with E-state index in [1.165, 1.54) is 0 Å². The van der Waals surface area contributed by atoms with Crippen molar-refractivity contribution in [2.45, 2.75) is 32.8 Å². The lowest BCUT2D eigenvalue weighted by Gasteiger charge is -2.30. The minimum Gasteiger partial charge on any atom is -0.328 e. The molecular weight excluding hydrogens is 289 g/mol. The van der Waals surface area contributed by atoms with Crippen LogP contribution in [0.3, 0.4) is 0 Å². The lowest BCUT2D eigenvalue weighted by molar-refractivity contribution is -0.874. The van der Waals surface area contributed by atoms with E-state index >= 15 is 0 Å². The van der Waals surface area contributed by atoms with E-state index in [0.717, 1.165) is 16.7 Å². The van der Waals surface area contributed by atoms with E-state index in [2.05, 4.69) is 13.8 Å². The van der Waals surface area contributed by atoms with Crippen molar-refractivity contribution in [3.05, 3.63) is 34.9 Å². The van der Waals surface area contributed by atoms with Crippen molar-refractivity contribution in [3.8, 4) is 0 Å². The van der Waals surface area contributed by atoms with Gasteiger partial charge in [0.25, 0.3) is 0 Å². The zero-order valence-corrected chi connectivity index (χ0v) is 14.6. The Hall–Kier alpha value is -0.710. The van der Waals surface area contributed by atoms with Crippen LogP contribution in [-0.4, -0.2) is 42.0 Å². The highest BCUT2D eigenvalue weighted by Gasteiger charge is 2.29. The topological polar surface area (TPSA) is 66.8 Å². The van der Waals surface area contributed by atoms with Crippen LogP contribution in [0.25, 0.3) is 0 Å². The van der Waals surface area contributed by atoms with E-state index in [9.17, 15) is 14.4 Å². The zero-order chi connectivity index (χ0) is 16.4. The van der Waals surface area contributed by atoms with Gasteiger partial charge in [-0.2, -0.15) is 0 Å². The summed E-state index contributed by atoms with van der Waals surface area (Å²) in [6, 6.07) is 6.02.